The second kappa shape index (κ2) is 6.23. The zero-order valence-corrected chi connectivity index (χ0v) is 12.8. The van der Waals surface area contributed by atoms with E-state index in [4.69, 9.17) is 14.2 Å². The number of carbonyl (C=O) groups is 1. The summed E-state index contributed by atoms with van der Waals surface area (Å²) in [5.74, 6) is 1.32. The Morgan fingerprint density at radius 1 is 1.25 bits per heavy atom. The summed E-state index contributed by atoms with van der Waals surface area (Å²) in [6, 6.07) is 7.21. The van der Waals surface area contributed by atoms with Gasteiger partial charge in [0.2, 0.25) is 6.79 Å². The zero-order chi connectivity index (χ0) is 16.4. The first-order chi connectivity index (χ1) is 11.8. The van der Waals surface area contributed by atoms with Gasteiger partial charge in [0, 0.05) is 37.1 Å². The van der Waals surface area contributed by atoms with Gasteiger partial charge in [0.15, 0.2) is 11.5 Å². The number of anilines is 1. The Labute approximate surface area is 138 Å². The maximum atomic E-state index is 12.4. The van der Waals surface area contributed by atoms with Gasteiger partial charge in [0.1, 0.15) is 6.10 Å². The van der Waals surface area contributed by atoms with Gasteiger partial charge < -0.3 is 24.4 Å². The normalized spacial score (nSPS) is 18.5. The van der Waals surface area contributed by atoms with Crippen molar-refractivity contribution < 1.29 is 19.0 Å². The van der Waals surface area contributed by atoms with Gasteiger partial charge in [-0.1, -0.05) is 0 Å². The van der Waals surface area contributed by atoms with Crippen LogP contribution >= 0.6 is 0 Å². The number of hydrogen-bond acceptors (Lipinski definition) is 6. The van der Waals surface area contributed by atoms with E-state index in [2.05, 4.69) is 15.3 Å². The molecule has 2 amide bonds. The van der Waals surface area contributed by atoms with E-state index in [1.54, 1.807) is 41.6 Å². The molecular weight excluding hydrogens is 312 g/mol. The van der Waals surface area contributed by atoms with Crippen LogP contribution in [-0.2, 0) is 0 Å². The molecule has 1 saturated heterocycles. The average Bonchev–Trinajstić information content (AvgIpc) is 3.24. The van der Waals surface area contributed by atoms with Crippen LogP contribution in [0.4, 0.5) is 10.5 Å². The third-order valence-corrected chi connectivity index (χ3v) is 3.87. The molecule has 1 aromatic carbocycles. The number of nitrogens with zero attached hydrogens (tertiary/aromatic N) is 3. The lowest BCUT2D eigenvalue weighted by Gasteiger charge is -2.17. The number of likely N-dealkylation sites (tertiary alicyclic amines) is 1. The lowest BCUT2D eigenvalue weighted by molar-refractivity contribution is 0.174. The Morgan fingerprint density at radius 3 is 2.96 bits per heavy atom. The maximum Gasteiger partial charge on any atom is 0.321 e. The number of amides is 2. The Kier molecular flexibility index (Phi) is 3.78. The maximum absolute atomic E-state index is 12.4. The average molecular weight is 328 g/mol. The number of aromatic nitrogens is 2. The van der Waals surface area contributed by atoms with Gasteiger partial charge in [-0.3, -0.25) is 0 Å². The molecular formula is C16H16N4O4. The number of carbonyl (C=O) groups excluding carboxylic acids is 1. The third kappa shape index (κ3) is 3.03. The van der Waals surface area contributed by atoms with E-state index in [1.165, 1.54) is 0 Å². The minimum Gasteiger partial charge on any atom is -0.458 e. The molecule has 0 radical (unpaired) electrons. The largest absolute Gasteiger partial charge is 0.458 e. The smallest absolute Gasteiger partial charge is 0.321 e. The summed E-state index contributed by atoms with van der Waals surface area (Å²) in [5, 5.41) is 2.86. The predicted octanol–water partition coefficient (Wildman–Crippen LogP) is 1.89. The van der Waals surface area contributed by atoms with Gasteiger partial charge in [-0.2, -0.15) is 0 Å². The fourth-order valence-electron chi connectivity index (χ4n) is 2.68. The third-order valence-electron chi connectivity index (χ3n) is 3.87. The minimum atomic E-state index is -0.172. The van der Waals surface area contributed by atoms with Crippen molar-refractivity contribution in [1.29, 1.82) is 0 Å². The number of urea groups is 1. The van der Waals surface area contributed by atoms with Gasteiger partial charge in [0.25, 0.3) is 0 Å². The summed E-state index contributed by atoms with van der Waals surface area (Å²) in [6.45, 7) is 1.32. The Hall–Kier alpha value is -3.03. The van der Waals surface area contributed by atoms with Crippen molar-refractivity contribution in [2.45, 2.75) is 12.5 Å². The van der Waals surface area contributed by atoms with E-state index in [9.17, 15) is 4.79 Å². The predicted molar refractivity (Wildman–Crippen MR) is 84.2 cm³/mol. The van der Waals surface area contributed by atoms with Crippen molar-refractivity contribution in [3.63, 3.8) is 0 Å². The molecule has 1 atom stereocenters. The summed E-state index contributed by atoms with van der Waals surface area (Å²) >= 11 is 0. The standard InChI is InChI=1S/C16H16N4O4/c21-16(19-11-2-3-13-14(8-11)23-10-22-13)20-7-4-12(9-20)24-15-17-5-1-6-18-15/h1-3,5-6,8,12H,4,7,9-10H2,(H,19,21)/t12-/m1/s1. The lowest BCUT2D eigenvalue weighted by atomic mass is 10.3. The lowest BCUT2D eigenvalue weighted by Crippen LogP contribution is -2.34. The molecule has 0 spiro atoms. The molecule has 8 nitrogen and oxygen atoms in total. The molecule has 3 heterocycles. The molecule has 0 aliphatic carbocycles. The molecule has 1 fully saturated rings. The van der Waals surface area contributed by atoms with Crippen LogP contribution in [0.1, 0.15) is 6.42 Å². The van der Waals surface area contributed by atoms with Crippen molar-refractivity contribution in [3.05, 3.63) is 36.7 Å². The molecule has 24 heavy (non-hydrogen) atoms. The molecule has 1 aromatic heterocycles. The van der Waals surface area contributed by atoms with Crippen molar-refractivity contribution >= 4 is 11.7 Å². The van der Waals surface area contributed by atoms with Crippen LogP contribution in [0.3, 0.4) is 0 Å². The first-order valence-corrected chi connectivity index (χ1v) is 7.67. The Morgan fingerprint density at radius 2 is 2.08 bits per heavy atom. The quantitative estimate of drug-likeness (QED) is 0.926. The molecule has 124 valence electrons. The summed E-state index contributed by atoms with van der Waals surface area (Å²) in [4.78, 5) is 22.1. The first-order valence-electron chi connectivity index (χ1n) is 7.67. The van der Waals surface area contributed by atoms with Gasteiger partial charge in [-0.15, -0.1) is 0 Å². The summed E-state index contributed by atoms with van der Waals surface area (Å²) in [6.07, 6.45) is 3.89. The van der Waals surface area contributed by atoms with Crippen LogP contribution in [0, 0.1) is 0 Å². The van der Waals surface area contributed by atoms with Gasteiger partial charge in [0.05, 0.1) is 6.54 Å². The van der Waals surface area contributed by atoms with Crippen LogP contribution in [0.2, 0.25) is 0 Å². The van der Waals surface area contributed by atoms with E-state index < -0.39 is 0 Å². The molecule has 2 aromatic rings. The molecule has 2 aliphatic rings. The fraction of sp³-hybridized carbons (Fsp3) is 0.312. The van der Waals surface area contributed by atoms with Crippen LogP contribution in [0.5, 0.6) is 17.5 Å². The van der Waals surface area contributed by atoms with Crippen molar-refractivity contribution in [2.24, 2.45) is 0 Å². The highest BCUT2D eigenvalue weighted by Crippen LogP contribution is 2.34. The van der Waals surface area contributed by atoms with Gasteiger partial charge in [-0.25, -0.2) is 14.8 Å². The van der Waals surface area contributed by atoms with E-state index in [0.29, 0.717) is 36.3 Å². The number of fused-ring (bicyclic) bond motifs is 1. The Balaban J connectivity index is 1.34. The fourth-order valence-corrected chi connectivity index (χ4v) is 2.68. The number of hydrogen-bond donors (Lipinski definition) is 1. The molecule has 0 saturated carbocycles. The van der Waals surface area contributed by atoms with Crippen LogP contribution < -0.4 is 19.5 Å². The second-order valence-electron chi connectivity index (χ2n) is 5.50. The first kappa shape index (κ1) is 14.6. The van der Waals surface area contributed by atoms with E-state index in [0.717, 1.165) is 6.42 Å². The van der Waals surface area contributed by atoms with Crippen LogP contribution in [-0.4, -0.2) is 46.9 Å². The van der Waals surface area contributed by atoms with Crippen molar-refractivity contribution in [2.75, 3.05) is 25.2 Å². The van der Waals surface area contributed by atoms with E-state index in [-0.39, 0.29) is 18.9 Å². The van der Waals surface area contributed by atoms with Gasteiger partial charge >= 0.3 is 12.0 Å². The van der Waals surface area contributed by atoms with E-state index in [1.807, 2.05) is 0 Å². The number of nitrogens with one attached hydrogen (secondary N) is 1. The second-order valence-corrected chi connectivity index (χ2v) is 5.50. The summed E-state index contributed by atoms with van der Waals surface area (Å²) in [5.41, 5.74) is 0.667. The molecule has 0 unspecified atom stereocenters. The van der Waals surface area contributed by atoms with Gasteiger partial charge in [-0.05, 0) is 18.2 Å². The molecule has 0 bridgehead atoms. The zero-order valence-electron chi connectivity index (χ0n) is 12.8. The highest BCUT2D eigenvalue weighted by Gasteiger charge is 2.28. The van der Waals surface area contributed by atoms with Crippen LogP contribution in [0.25, 0.3) is 0 Å². The molecule has 4 rings (SSSR count). The van der Waals surface area contributed by atoms with Crippen molar-refractivity contribution in [3.8, 4) is 17.5 Å². The monoisotopic (exact) mass is 328 g/mol. The van der Waals surface area contributed by atoms with E-state index >= 15 is 0 Å². The molecule has 8 heteroatoms. The number of rotatable bonds is 3. The topological polar surface area (TPSA) is 85.8 Å². The molecule has 2 aliphatic heterocycles. The summed E-state index contributed by atoms with van der Waals surface area (Å²) < 4.78 is 16.2. The highest BCUT2D eigenvalue weighted by atomic mass is 16.7. The number of ether oxygens (including phenoxy) is 3. The van der Waals surface area contributed by atoms with Crippen LogP contribution in [0.15, 0.2) is 36.7 Å². The minimum absolute atomic E-state index is 0.102. The summed E-state index contributed by atoms with van der Waals surface area (Å²) in [7, 11) is 0. The van der Waals surface area contributed by atoms with Crippen molar-refractivity contribution in [1.82, 2.24) is 14.9 Å². The Bertz CT molecular complexity index is 740. The SMILES string of the molecule is O=C(Nc1ccc2c(c1)OCO2)N1CC[C@@H](Oc2ncccn2)C1. The highest BCUT2D eigenvalue weighted by molar-refractivity contribution is 5.90. The number of benzene rings is 1. The molecule has 1 N–H and O–H groups in total.